The summed E-state index contributed by atoms with van der Waals surface area (Å²) in [5, 5.41) is 3.53. The molecule has 1 aliphatic heterocycles. The molecule has 0 aromatic heterocycles. The first-order chi connectivity index (χ1) is 8.25. The van der Waals surface area contributed by atoms with E-state index in [1.165, 1.54) is 24.1 Å². The number of benzene rings is 1. The summed E-state index contributed by atoms with van der Waals surface area (Å²) in [6, 6.07) is 8.73. The summed E-state index contributed by atoms with van der Waals surface area (Å²) in [4.78, 5) is 0. The normalized spacial score (nSPS) is 20.5. The summed E-state index contributed by atoms with van der Waals surface area (Å²) in [7, 11) is 0. The highest BCUT2D eigenvalue weighted by Gasteiger charge is 2.13. The maximum Gasteiger partial charge on any atom is 0.0511 e. The third-order valence-electron chi connectivity index (χ3n) is 3.40. The fourth-order valence-corrected chi connectivity index (χ4v) is 2.24. The summed E-state index contributed by atoms with van der Waals surface area (Å²) < 4.78 is 5.49. The van der Waals surface area contributed by atoms with Crippen molar-refractivity contribution in [1.82, 2.24) is 0 Å². The molecule has 94 valence electrons. The first-order valence-corrected chi connectivity index (χ1v) is 6.67. The largest absolute Gasteiger partial charge is 0.385 e. The van der Waals surface area contributed by atoms with Crippen LogP contribution in [0.25, 0.3) is 0 Å². The molecule has 0 spiro atoms. The highest BCUT2D eigenvalue weighted by Crippen LogP contribution is 2.20. The molecular weight excluding hydrogens is 210 g/mol. The van der Waals surface area contributed by atoms with Gasteiger partial charge in [0.2, 0.25) is 0 Å². The van der Waals surface area contributed by atoms with E-state index in [1.54, 1.807) is 0 Å². The zero-order valence-corrected chi connectivity index (χ0v) is 10.9. The maximum absolute atomic E-state index is 5.49. The summed E-state index contributed by atoms with van der Waals surface area (Å²) in [6.07, 6.45) is 2.50. The molecule has 0 amide bonds. The Morgan fingerprint density at radius 3 is 3.00 bits per heavy atom. The Bertz CT molecular complexity index is 343. The van der Waals surface area contributed by atoms with Crippen molar-refractivity contribution in [2.75, 3.05) is 25.1 Å². The minimum absolute atomic E-state index is 0.592. The minimum Gasteiger partial charge on any atom is -0.385 e. The van der Waals surface area contributed by atoms with Gasteiger partial charge in [-0.1, -0.05) is 26.0 Å². The van der Waals surface area contributed by atoms with Gasteiger partial charge in [-0.2, -0.15) is 0 Å². The summed E-state index contributed by atoms with van der Waals surface area (Å²) in [5.41, 5.74) is 2.64. The summed E-state index contributed by atoms with van der Waals surface area (Å²) >= 11 is 0. The van der Waals surface area contributed by atoms with Crippen molar-refractivity contribution in [3.63, 3.8) is 0 Å². The molecule has 1 saturated heterocycles. The van der Waals surface area contributed by atoms with Gasteiger partial charge in [0.1, 0.15) is 0 Å². The Morgan fingerprint density at radius 2 is 2.29 bits per heavy atom. The van der Waals surface area contributed by atoms with E-state index >= 15 is 0 Å². The molecule has 1 atom stereocenters. The van der Waals surface area contributed by atoms with Crippen molar-refractivity contribution in [3.8, 4) is 0 Å². The van der Waals surface area contributed by atoms with E-state index in [1.807, 2.05) is 0 Å². The lowest BCUT2D eigenvalue weighted by Crippen LogP contribution is -2.24. The Balaban J connectivity index is 1.87. The Hall–Kier alpha value is -1.02. The fourth-order valence-electron chi connectivity index (χ4n) is 2.24. The zero-order chi connectivity index (χ0) is 12.1. The van der Waals surface area contributed by atoms with Gasteiger partial charge in [-0.3, -0.25) is 0 Å². The van der Waals surface area contributed by atoms with E-state index in [4.69, 9.17) is 4.74 Å². The molecule has 2 rings (SSSR count). The topological polar surface area (TPSA) is 21.3 Å². The third-order valence-corrected chi connectivity index (χ3v) is 3.40. The van der Waals surface area contributed by atoms with E-state index in [2.05, 4.69) is 43.4 Å². The Morgan fingerprint density at radius 1 is 1.41 bits per heavy atom. The number of hydrogen-bond donors (Lipinski definition) is 1. The zero-order valence-electron chi connectivity index (χ0n) is 10.9. The van der Waals surface area contributed by atoms with Crippen molar-refractivity contribution in [1.29, 1.82) is 0 Å². The van der Waals surface area contributed by atoms with Crippen molar-refractivity contribution >= 4 is 5.69 Å². The Labute approximate surface area is 104 Å². The van der Waals surface area contributed by atoms with Crippen LogP contribution in [0.5, 0.6) is 0 Å². The number of ether oxygens (including phenoxy) is 1. The predicted molar refractivity (Wildman–Crippen MR) is 72.6 cm³/mol. The van der Waals surface area contributed by atoms with E-state index in [0.717, 1.165) is 19.8 Å². The second-order valence-corrected chi connectivity index (χ2v) is 5.24. The molecule has 2 heteroatoms. The number of nitrogens with one attached hydrogen (secondary N) is 1. The van der Waals surface area contributed by atoms with E-state index < -0.39 is 0 Å². The van der Waals surface area contributed by atoms with Crippen LogP contribution in [-0.4, -0.2) is 19.8 Å². The Kier molecular flexibility index (Phi) is 4.43. The van der Waals surface area contributed by atoms with Gasteiger partial charge in [0.05, 0.1) is 6.61 Å². The molecule has 1 aliphatic rings. The van der Waals surface area contributed by atoms with Gasteiger partial charge in [0.15, 0.2) is 0 Å². The molecule has 1 N–H and O–H groups in total. The molecule has 1 unspecified atom stereocenters. The molecule has 0 bridgehead atoms. The second-order valence-electron chi connectivity index (χ2n) is 5.24. The quantitative estimate of drug-likeness (QED) is 0.857. The fraction of sp³-hybridized carbons (Fsp3) is 0.600. The van der Waals surface area contributed by atoms with Gasteiger partial charge in [-0.15, -0.1) is 0 Å². The van der Waals surface area contributed by atoms with E-state index in [9.17, 15) is 0 Å². The van der Waals surface area contributed by atoms with Gasteiger partial charge >= 0.3 is 0 Å². The molecule has 1 aromatic rings. The lowest BCUT2D eigenvalue weighted by molar-refractivity contribution is 0.0595. The van der Waals surface area contributed by atoms with Crippen LogP contribution in [0.3, 0.4) is 0 Å². The van der Waals surface area contributed by atoms with Crippen molar-refractivity contribution < 1.29 is 4.74 Å². The lowest BCUT2D eigenvalue weighted by atomic mass is 10.0. The molecule has 0 radical (unpaired) electrons. The first-order valence-electron chi connectivity index (χ1n) is 6.67. The summed E-state index contributed by atoms with van der Waals surface area (Å²) in [5.74, 6) is 1.27. The van der Waals surface area contributed by atoms with Crippen LogP contribution in [0.4, 0.5) is 5.69 Å². The van der Waals surface area contributed by atoms with Crippen LogP contribution in [0, 0.1) is 5.92 Å². The molecule has 0 saturated carbocycles. The first kappa shape index (κ1) is 12.4. The predicted octanol–water partition coefficient (Wildman–Crippen LogP) is 3.65. The van der Waals surface area contributed by atoms with Gasteiger partial charge in [-0.05, 0) is 42.4 Å². The smallest absolute Gasteiger partial charge is 0.0511 e. The molecule has 1 heterocycles. The van der Waals surface area contributed by atoms with Crippen molar-refractivity contribution in [2.45, 2.75) is 32.6 Å². The van der Waals surface area contributed by atoms with Crippen LogP contribution in [0.1, 0.15) is 38.2 Å². The van der Waals surface area contributed by atoms with E-state index in [-0.39, 0.29) is 0 Å². The average Bonchev–Trinajstić information content (AvgIpc) is 2.38. The second kappa shape index (κ2) is 6.06. The SMILES string of the molecule is CC(C)c1cccc(NCC2CCCOC2)c1. The van der Waals surface area contributed by atoms with Gasteiger partial charge in [0.25, 0.3) is 0 Å². The molecule has 1 aromatic carbocycles. The molecular formula is C15H23NO. The van der Waals surface area contributed by atoms with Crippen molar-refractivity contribution in [3.05, 3.63) is 29.8 Å². The third kappa shape index (κ3) is 3.74. The van der Waals surface area contributed by atoms with E-state index in [0.29, 0.717) is 11.8 Å². The standard InChI is InChI=1S/C15H23NO/c1-12(2)14-6-3-7-15(9-14)16-10-13-5-4-8-17-11-13/h3,6-7,9,12-13,16H,4-5,8,10-11H2,1-2H3. The highest BCUT2D eigenvalue weighted by molar-refractivity contribution is 5.46. The van der Waals surface area contributed by atoms with Crippen LogP contribution in [0.2, 0.25) is 0 Å². The van der Waals surface area contributed by atoms with Crippen LogP contribution < -0.4 is 5.32 Å². The van der Waals surface area contributed by atoms with Gasteiger partial charge < -0.3 is 10.1 Å². The number of rotatable bonds is 4. The maximum atomic E-state index is 5.49. The number of hydrogen-bond acceptors (Lipinski definition) is 2. The van der Waals surface area contributed by atoms with Crippen LogP contribution in [0.15, 0.2) is 24.3 Å². The lowest BCUT2D eigenvalue weighted by Gasteiger charge is -2.22. The molecule has 0 aliphatic carbocycles. The average molecular weight is 233 g/mol. The van der Waals surface area contributed by atoms with Gasteiger partial charge in [-0.25, -0.2) is 0 Å². The van der Waals surface area contributed by atoms with Crippen LogP contribution in [-0.2, 0) is 4.74 Å². The monoisotopic (exact) mass is 233 g/mol. The minimum atomic E-state index is 0.592. The summed E-state index contributed by atoms with van der Waals surface area (Å²) in [6.45, 7) is 7.35. The number of anilines is 1. The van der Waals surface area contributed by atoms with Gasteiger partial charge in [0, 0.05) is 18.8 Å². The van der Waals surface area contributed by atoms with Crippen molar-refractivity contribution in [2.24, 2.45) is 5.92 Å². The highest BCUT2D eigenvalue weighted by atomic mass is 16.5. The molecule has 1 fully saturated rings. The van der Waals surface area contributed by atoms with Crippen LogP contribution >= 0.6 is 0 Å². The molecule has 2 nitrogen and oxygen atoms in total. The molecule has 17 heavy (non-hydrogen) atoms.